The molecule has 0 aliphatic rings. The first-order valence-electron chi connectivity index (χ1n) is 5.57. The fraction of sp³-hybridized carbons (Fsp3) is 0.143. The first kappa shape index (κ1) is 14.5. The van der Waals surface area contributed by atoms with Crippen molar-refractivity contribution in [3.63, 3.8) is 0 Å². The second kappa shape index (κ2) is 4.86. The van der Waals surface area contributed by atoms with Gasteiger partial charge in [-0.05, 0) is 25.1 Å². The zero-order valence-corrected chi connectivity index (χ0v) is 10.2. The molecule has 6 heteroatoms. The van der Waals surface area contributed by atoms with Crippen molar-refractivity contribution in [1.29, 1.82) is 0 Å². The number of rotatable bonds is 2. The normalized spacial score (nSPS) is 14.2. The molecule has 2 rings (SSSR count). The first-order valence-corrected chi connectivity index (χ1v) is 5.57. The molecule has 0 fully saturated rings. The molecule has 106 valence electrons. The van der Waals surface area contributed by atoms with Gasteiger partial charge >= 0.3 is 0 Å². The highest BCUT2D eigenvalue weighted by Crippen LogP contribution is 2.34. The van der Waals surface area contributed by atoms with Crippen LogP contribution >= 0.6 is 0 Å². The molecule has 0 saturated heterocycles. The molecule has 0 aromatic heterocycles. The Labute approximate surface area is 111 Å². The summed E-state index contributed by atoms with van der Waals surface area (Å²) in [5, 5.41) is 10.2. The zero-order chi connectivity index (χ0) is 15.1. The molecule has 2 aromatic rings. The van der Waals surface area contributed by atoms with E-state index in [4.69, 9.17) is 0 Å². The van der Waals surface area contributed by atoms with Crippen molar-refractivity contribution in [2.24, 2.45) is 0 Å². The lowest BCUT2D eigenvalue weighted by Gasteiger charge is -2.25. The monoisotopic (exact) mass is 288 g/mol. The van der Waals surface area contributed by atoms with Gasteiger partial charge in [0.05, 0.1) is 0 Å². The van der Waals surface area contributed by atoms with Crippen molar-refractivity contribution >= 4 is 0 Å². The quantitative estimate of drug-likeness (QED) is 0.661. The number of hydrogen-bond donors (Lipinski definition) is 1. The second-order valence-corrected chi connectivity index (χ2v) is 4.40. The molecule has 0 aliphatic carbocycles. The van der Waals surface area contributed by atoms with E-state index in [1.165, 1.54) is 0 Å². The Hall–Kier alpha value is -1.95. The molecule has 1 nitrogen and oxygen atoms in total. The van der Waals surface area contributed by atoms with Crippen LogP contribution in [0.25, 0.3) is 0 Å². The van der Waals surface area contributed by atoms with Gasteiger partial charge in [-0.15, -0.1) is 0 Å². The van der Waals surface area contributed by atoms with E-state index in [-0.39, 0.29) is 0 Å². The molecule has 0 radical (unpaired) electrons. The third-order valence-electron chi connectivity index (χ3n) is 3.04. The minimum atomic E-state index is -2.36. The van der Waals surface area contributed by atoms with E-state index in [2.05, 4.69) is 0 Å². The van der Waals surface area contributed by atoms with Gasteiger partial charge in [0.25, 0.3) is 0 Å². The van der Waals surface area contributed by atoms with Gasteiger partial charge in [0, 0.05) is 11.1 Å². The molecule has 1 atom stereocenters. The highest BCUT2D eigenvalue weighted by Gasteiger charge is 2.34. The Bertz CT molecular complexity index is 667. The molecule has 0 aliphatic heterocycles. The maximum absolute atomic E-state index is 13.7. The van der Waals surface area contributed by atoms with E-state index in [1.807, 2.05) is 0 Å². The Kier molecular flexibility index (Phi) is 3.52. The molecule has 0 spiro atoms. The van der Waals surface area contributed by atoms with E-state index in [9.17, 15) is 27.1 Å². The number of halogens is 5. The summed E-state index contributed by atoms with van der Waals surface area (Å²) in [6.45, 7) is 0.959. The molecular formula is C14H9F5O. The average Bonchev–Trinajstić information content (AvgIpc) is 2.38. The standard InChI is InChI=1S/C14H9F5O/c1-14(20,7-3-2-4-9(15)11(7)17)8-5-6-10(16)13(19)12(8)18/h2-6,20H,1H3. The van der Waals surface area contributed by atoms with Gasteiger partial charge in [-0.3, -0.25) is 0 Å². The summed E-state index contributed by atoms with van der Waals surface area (Å²) in [5.41, 5.74) is -3.63. The van der Waals surface area contributed by atoms with Crippen LogP contribution in [0.4, 0.5) is 22.0 Å². The molecule has 1 unspecified atom stereocenters. The summed E-state index contributed by atoms with van der Waals surface area (Å²) in [5.74, 6) is -7.52. The zero-order valence-electron chi connectivity index (χ0n) is 10.2. The molecule has 0 amide bonds. The van der Waals surface area contributed by atoms with Gasteiger partial charge in [0.15, 0.2) is 29.1 Å². The smallest absolute Gasteiger partial charge is 0.194 e. The second-order valence-electron chi connectivity index (χ2n) is 4.40. The third-order valence-corrected chi connectivity index (χ3v) is 3.04. The maximum atomic E-state index is 13.7. The van der Waals surface area contributed by atoms with Crippen LogP contribution in [0.3, 0.4) is 0 Å². The summed E-state index contributed by atoms with van der Waals surface area (Å²) in [6, 6.07) is 4.33. The summed E-state index contributed by atoms with van der Waals surface area (Å²) in [4.78, 5) is 0. The predicted octanol–water partition coefficient (Wildman–Crippen LogP) is 3.64. The van der Waals surface area contributed by atoms with Gasteiger partial charge in [-0.1, -0.05) is 12.1 Å². The topological polar surface area (TPSA) is 20.2 Å². The van der Waals surface area contributed by atoms with Gasteiger partial charge < -0.3 is 5.11 Å². The van der Waals surface area contributed by atoms with E-state index >= 15 is 0 Å². The van der Waals surface area contributed by atoms with E-state index in [0.717, 1.165) is 31.2 Å². The number of aliphatic hydroxyl groups is 1. The minimum absolute atomic E-state index is 0.581. The van der Waals surface area contributed by atoms with Crippen LogP contribution in [-0.2, 0) is 5.60 Å². The van der Waals surface area contributed by atoms with Crippen LogP contribution in [0, 0.1) is 29.1 Å². The number of hydrogen-bond acceptors (Lipinski definition) is 1. The maximum Gasteiger partial charge on any atom is 0.194 e. The molecule has 1 N–H and O–H groups in total. The van der Waals surface area contributed by atoms with Crippen molar-refractivity contribution in [3.8, 4) is 0 Å². The van der Waals surface area contributed by atoms with E-state index in [1.54, 1.807) is 0 Å². The molecule has 0 saturated carbocycles. The Morgan fingerprint density at radius 2 is 1.30 bits per heavy atom. The SMILES string of the molecule is CC(O)(c1cccc(F)c1F)c1ccc(F)c(F)c1F. The van der Waals surface area contributed by atoms with Crippen LogP contribution in [-0.4, -0.2) is 5.11 Å². The molecular weight excluding hydrogens is 279 g/mol. The van der Waals surface area contributed by atoms with Crippen LogP contribution in [0.15, 0.2) is 30.3 Å². The summed E-state index contributed by atoms with van der Waals surface area (Å²) >= 11 is 0. The number of benzene rings is 2. The van der Waals surface area contributed by atoms with Crippen LogP contribution < -0.4 is 0 Å². The summed E-state index contributed by atoms with van der Waals surface area (Å²) in [7, 11) is 0. The van der Waals surface area contributed by atoms with Gasteiger partial charge in [-0.25, -0.2) is 22.0 Å². The van der Waals surface area contributed by atoms with Crippen molar-refractivity contribution in [1.82, 2.24) is 0 Å². The highest BCUT2D eigenvalue weighted by atomic mass is 19.2. The first-order chi connectivity index (χ1) is 9.26. The van der Waals surface area contributed by atoms with Crippen molar-refractivity contribution in [3.05, 3.63) is 70.5 Å². The molecule has 0 heterocycles. The fourth-order valence-electron chi connectivity index (χ4n) is 1.93. The predicted molar refractivity (Wildman–Crippen MR) is 61.3 cm³/mol. The van der Waals surface area contributed by atoms with Crippen molar-refractivity contribution in [2.75, 3.05) is 0 Å². The van der Waals surface area contributed by atoms with Gasteiger partial charge in [0.1, 0.15) is 5.60 Å². The van der Waals surface area contributed by atoms with Gasteiger partial charge in [-0.2, -0.15) is 0 Å². The van der Waals surface area contributed by atoms with E-state index in [0.29, 0.717) is 6.07 Å². The summed E-state index contributed by atoms with van der Waals surface area (Å²) < 4.78 is 66.6. The lowest BCUT2D eigenvalue weighted by Crippen LogP contribution is -2.27. The van der Waals surface area contributed by atoms with Crippen LogP contribution in [0.5, 0.6) is 0 Å². The lowest BCUT2D eigenvalue weighted by atomic mass is 9.87. The Balaban J connectivity index is 2.67. The third kappa shape index (κ3) is 2.16. The largest absolute Gasteiger partial charge is 0.380 e. The molecule has 0 bridgehead atoms. The molecule has 2 aromatic carbocycles. The minimum Gasteiger partial charge on any atom is -0.380 e. The highest BCUT2D eigenvalue weighted by molar-refractivity contribution is 5.37. The summed E-state index contributed by atoms with van der Waals surface area (Å²) in [6.07, 6.45) is 0. The lowest BCUT2D eigenvalue weighted by molar-refractivity contribution is 0.0916. The molecule has 20 heavy (non-hydrogen) atoms. The van der Waals surface area contributed by atoms with Crippen molar-refractivity contribution < 1.29 is 27.1 Å². The van der Waals surface area contributed by atoms with Crippen LogP contribution in [0.2, 0.25) is 0 Å². The van der Waals surface area contributed by atoms with E-state index < -0.39 is 45.8 Å². The Morgan fingerprint density at radius 3 is 1.95 bits per heavy atom. The average molecular weight is 288 g/mol. The van der Waals surface area contributed by atoms with Crippen molar-refractivity contribution in [2.45, 2.75) is 12.5 Å². The fourth-order valence-corrected chi connectivity index (χ4v) is 1.93. The Morgan fingerprint density at radius 1 is 0.750 bits per heavy atom. The van der Waals surface area contributed by atoms with Gasteiger partial charge in [0.2, 0.25) is 0 Å². The van der Waals surface area contributed by atoms with Crippen LogP contribution in [0.1, 0.15) is 18.1 Å².